The number of morpholine rings is 1. The monoisotopic (exact) mass is 481 g/mol. The first-order valence-electron chi connectivity index (χ1n) is 13.0. The first-order valence-corrected chi connectivity index (χ1v) is 13.0. The van der Waals surface area contributed by atoms with Gasteiger partial charge in [-0.1, -0.05) is 18.6 Å². The van der Waals surface area contributed by atoms with Crippen LogP contribution in [0.1, 0.15) is 38.5 Å². The first kappa shape index (κ1) is 24.1. The van der Waals surface area contributed by atoms with Crippen LogP contribution < -0.4 is 14.5 Å². The lowest BCUT2D eigenvalue weighted by Gasteiger charge is -2.47. The zero-order valence-electron chi connectivity index (χ0n) is 20.5. The number of halogens is 1. The quantitative estimate of drug-likeness (QED) is 0.546. The van der Waals surface area contributed by atoms with Gasteiger partial charge in [0, 0.05) is 25.3 Å². The summed E-state index contributed by atoms with van der Waals surface area (Å²) in [5.74, 6) is 0.356. The van der Waals surface area contributed by atoms with E-state index in [0.29, 0.717) is 12.2 Å². The van der Waals surface area contributed by atoms with Crippen LogP contribution in [0.4, 0.5) is 15.8 Å². The molecule has 1 amide bonds. The van der Waals surface area contributed by atoms with Gasteiger partial charge in [0.15, 0.2) is 0 Å². The number of benzene rings is 2. The molecule has 0 saturated carbocycles. The van der Waals surface area contributed by atoms with Crippen LogP contribution in [-0.2, 0) is 9.53 Å². The minimum Gasteiger partial charge on any atom is -0.494 e. The molecular formula is C28H36FN3O3. The van der Waals surface area contributed by atoms with Gasteiger partial charge in [0.1, 0.15) is 18.2 Å². The molecule has 188 valence electrons. The maximum atomic E-state index is 14.3. The fraction of sp³-hybridized carbons (Fsp3) is 0.536. The van der Waals surface area contributed by atoms with Crippen molar-refractivity contribution in [3.05, 3.63) is 54.3 Å². The number of piperidine rings is 2. The Morgan fingerprint density at radius 2 is 1.69 bits per heavy atom. The van der Waals surface area contributed by atoms with E-state index in [0.717, 1.165) is 51.3 Å². The van der Waals surface area contributed by atoms with Crippen LogP contribution in [0.25, 0.3) is 0 Å². The molecule has 3 heterocycles. The highest BCUT2D eigenvalue weighted by atomic mass is 19.1. The molecule has 0 radical (unpaired) electrons. The van der Waals surface area contributed by atoms with Crippen molar-refractivity contribution in [1.82, 2.24) is 4.90 Å². The van der Waals surface area contributed by atoms with E-state index in [2.05, 4.69) is 34.1 Å². The predicted molar refractivity (Wildman–Crippen MR) is 136 cm³/mol. The van der Waals surface area contributed by atoms with Crippen molar-refractivity contribution in [3.63, 3.8) is 0 Å². The van der Waals surface area contributed by atoms with E-state index in [1.807, 2.05) is 0 Å². The number of ether oxygens (including phenoxy) is 2. The average Bonchev–Trinajstić information content (AvgIpc) is 2.90. The number of carbonyl (C=O) groups excluding carboxylic acids is 1. The van der Waals surface area contributed by atoms with Crippen LogP contribution in [-0.4, -0.2) is 68.9 Å². The molecule has 0 unspecified atom stereocenters. The minimum absolute atomic E-state index is 0.00186. The Morgan fingerprint density at radius 1 is 0.943 bits per heavy atom. The van der Waals surface area contributed by atoms with Crippen molar-refractivity contribution in [2.24, 2.45) is 0 Å². The predicted octanol–water partition coefficient (Wildman–Crippen LogP) is 4.48. The van der Waals surface area contributed by atoms with Crippen molar-refractivity contribution in [2.45, 2.75) is 44.1 Å². The third-order valence-electron chi connectivity index (χ3n) is 7.61. The smallest absolute Gasteiger partial charge is 0.253 e. The molecule has 3 aliphatic rings. The maximum absolute atomic E-state index is 14.3. The van der Waals surface area contributed by atoms with Crippen molar-refractivity contribution < 1.29 is 18.7 Å². The lowest BCUT2D eigenvalue weighted by atomic mass is 9.88. The van der Waals surface area contributed by atoms with Crippen LogP contribution in [0.15, 0.2) is 48.5 Å². The summed E-state index contributed by atoms with van der Waals surface area (Å²) in [5.41, 5.74) is 1.08. The maximum Gasteiger partial charge on any atom is 0.253 e. The summed E-state index contributed by atoms with van der Waals surface area (Å²) in [6, 6.07) is 14.8. The normalized spacial score (nSPS) is 20.9. The SMILES string of the molecule is O=C1COC2(CCN(c3ccc(OCCCN4CCCCC4)cc3)CC2)CN1c1ccccc1F. The fourth-order valence-corrected chi connectivity index (χ4v) is 5.49. The van der Waals surface area contributed by atoms with E-state index in [-0.39, 0.29) is 18.3 Å². The molecule has 1 spiro atoms. The van der Waals surface area contributed by atoms with Crippen LogP contribution in [0.3, 0.4) is 0 Å². The number of para-hydroxylation sites is 1. The fourth-order valence-electron chi connectivity index (χ4n) is 5.49. The van der Waals surface area contributed by atoms with Gasteiger partial charge in [-0.25, -0.2) is 4.39 Å². The summed E-state index contributed by atoms with van der Waals surface area (Å²) in [4.78, 5) is 18.9. The number of carbonyl (C=O) groups is 1. The number of amides is 1. The molecule has 2 aromatic carbocycles. The third kappa shape index (κ3) is 5.78. The van der Waals surface area contributed by atoms with Crippen LogP contribution in [0.2, 0.25) is 0 Å². The van der Waals surface area contributed by atoms with Crippen LogP contribution >= 0.6 is 0 Å². The van der Waals surface area contributed by atoms with Crippen molar-refractivity contribution in [1.29, 1.82) is 0 Å². The van der Waals surface area contributed by atoms with Gasteiger partial charge in [-0.2, -0.15) is 0 Å². The molecule has 2 aromatic rings. The summed E-state index contributed by atoms with van der Waals surface area (Å²) in [6.07, 6.45) is 6.67. The first-order chi connectivity index (χ1) is 17.1. The summed E-state index contributed by atoms with van der Waals surface area (Å²) in [5, 5.41) is 0. The van der Waals surface area contributed by atoms with Crippen LogP contribution in [0, 0.1) is 5.82 Å². The zero-order chi connectivity index (χ0) is 24.1. The molecule has 5 rings (SSSR count). The Bertz CT molecular complexity index is 985. The molecule has 0 aromatic heterocycles. The van der Waals surface area contributed by atoms with Gasteiger partial charge in [-0.3, -0.25) is 4.79 Å². The number of likely N-dealkylation sites (tertiary alicyclic amines) is 1. The number of hydrogen-bond acceptors (Lipinski definition) is 5. The lowest BCUT2D eigenvalue weighted by molar-refractivity contribution is -0.141. The second-order valence-corrected chi connectivity index (χ2v) is 9.99. The van der Waals surface area contributed by atoms with Gasteiger partial charge in [0.05, 0.1) is 24.4 Å². The Balaban J connectivity index is 1.11. The third-order valence-corrected chi connectivity index (χ3v) is 7.61. The topological polar surface area (TPSA) is 45.2 Å². The second-order valence-electron chi connectivity index (χ2n) is 9.99. The number of anilines is 2. The minimum atomic E-state index is -0.426. The van der Waals surface area contributed by atoms with Crippen molar-refractivity contribution in [2.75, 3.05) is 62.3 Å². The van der Waals surface area contributed by atoms with Crippen LogP contribution in [0.5, 0.6) is 5.75 Å². The van der Waals surface area contributed by atoms with Gasteiger partial charge >= 0.3 is 0 Å². The van der Waals surface area contributed by atoms with Gasteiger partial charge in [0.2, 0.25) is 0 Å². The Labute approximate surface area is 207 Å². The largest absolute Gasteiger partial charge is 0.494 e. The Morgan fingerprint density at radius 3 is 2.43 bits per heavy atom. The van der Waals surface area contributed by atoms with E-state index < -0.39 is 5.60 Å². The average molecular weight is 482 g/mol. The van der Waals surface area contributed by atoms with E-state index in [1.54, 1.807) is 23.1 Å². The molecule has 3 saturated heterocycles. The summed E-state index contributed by atoms with van der Waals surface area (Å²) in [7, 11) is 0. The molecule has 35 heavy (non-hydrogen) atoms. The molecule has 0 bridgehead atoms. The molecule has 0 atom stereocenters. The van der Waals surface area contributed by atoms with Gasteiger partial charge < -0.3 is 24.2 Å². The second kappa shape index (κ2) is 11.0. The summed E-state index contributed by atoms with van der Waals surface area (Å²) >= 11 is 0. The number of nitrogens with zero attached hydrogens (tertiary/aromatic N) is 3. The highest BCUT2D eigenvalue weighted by Gasteiger charge is 2.43. The summed E-state index contributed by atoms with van der Waals surface area (Å²) < 4.78 is 26.4. The zero-order valence-corrected chi connectivity index (χ0v) is 20.5. The van der Waals surface area contributed by atoms with E-state index in [4.69, 9.17) is 9.47 Å². The van der Waals surface area contributed by atoms with E-state index in [1.165, 1.54) is 44.1 Å². The van der Waals surface area contributed by atoms with Gasteiger partial charge in [-0.15, -0.1) is 0 Å². The Hall–Kier alpha value is -2.64. The summed E-state index contributed by atoms with van der Waals surface area (Å²) in [6.45, 7) is 6.38. The van der Waals surface area contributed by atoms with E-state index >= 15 is 0 Å². The molecule has 6 nitrogen and oxygen atoms in total. The van der Waals surface area contributed by atoms with Gasteiger partial charge in [0.25, 0.3) is 5.91 Å². The molecule has 7 heteroatoms. The lowest BCUT2D eigenvalue weighted by Crippen LogP contribution is -2.59. The van der Waals surface area contributed by atoms with Crippen molar-refractivity contribution in [3.8, 4) is 5.75 Å². The highest BCUT2D eigenvalue weighted by Crippen LogP contribution is 2.35. The van der Waals surface area contributed by atoms with Gasteiger partial charge in [-0.05, 0) is 81.6 Å². The molecule has 0 N–H and O–H groups in total. The van der Waals surface area contributed by atoms with Crippen molar-refractivity contribution >= 4 is 17.3 Å². The molecule has 0 aliphatic carbocycles. The van der Waals surface area contributed by atoms with E-state index in [9.17, 15) is 9.18 Å². The number of rotatable bonds is 7. The standard InChI is InChI=1S/C28H36FN3O3/c29-25-7-2-3-8-26(25)32-22-28(35-21-27(32)33)13-18-31(19-14-28)23-9-11-24(12-10-23)34-20-6-17-30-15-4-1-5-16-30/h2-3,7-12H,1,4-6,13-22H2. The Kier molecular flexibility index (Phi) is 7.54. The number of hydrogen-bond donors (Lipinski definition) is 0. The molecule has 3 aliphatic heterocycles. The molecular weight excluding hydrogens is 445 g/mol. The highest BCUT2D eigenvalue weighted by molar-refractivity contribution is 5.95. The molecule has 3 fully saturated rings.